The summed E-state index contributed by atoms with van der Waals surface area (Å²) in [6.07, 6.45) is 0. The van der Waals surface area contributed by atoms with Crippen molar-refractivity contribution in [2.24, 2.45) is 0 Å². The molecule has 0 aromatic heterocycles. The monoisotopic (exact) mass is 519 g/mol. The molecule has 3 rings (SSSR count). The van der Waals surface area contributed by atoms with Crippen LogP contribution >= 0.6 is 0 Å². The molecule has 0 saturated carbocycles. The van der Waals surface area contributed by atoms with E-state index in [2.05, 4.69) is 101 Å². The summed E-state index contributed by atoms with van der Waals surface area (Å²) in [6, 6.07) is 7.16. The van der Waals surface area contributed by atoms with Crippen molar-refractivity contribution in [3.63, 3.8) is 0 Å². The second kappa shape index (κ2) is 8.77. The van der Waals surface area contributed by atoms with Gasteiger partial charge in [0.2, 0.25) is 0 Å². The molecule has 0 aliphatic rings. The first-order valence-corrected chi connectivity index (χ1v) is 15.8. The molecule has 0 fully saturated rings. The van der Waals surface area contributed by atoms with E-state index < -0.39 is 19.8 Å². The first-order chi connectivity index (χ1) is 14.4. The van der Waals surface area contributed by atoms with Gasteiger partial charge in [0.1, 0.15) is 0 Å². The summed E-state index contributed by atoms with van der Waals surface area (Å²) in [5, 5.41) is 0. The Hall–Kier alpha value is -1.54. The molecule has 3 aromatic carbocycles. The fourth-order valence-electron chi connectivity index (χ4n) is 5.15. The van der Waals surface area contributed by atoms with Crippen LogP contribution in [0.5, 0.6) is 0 Å². The molecule has 0 spiro atoms. The van der Waals surface area contributed by atoms with Gasteiger partial charge in [-0.05, 0) is 0 Å². The number of aryl methyl sites for hydroxylation is 6. The third-order valence-corrected chi connectivity index (χ3v) is 18.6. The van der Waals surface area contributed by atoms with Crippen molar-refractivity contribution in [3.8, 4) is 0 Å². The van der Waals surface area contributed by atoms with Crippen LogP contribution in [0.3, 0.4) is 0 Å². The fraction of sp³-hybridized carbons (Fsp3) is 0.400. The Bertz CT molecular complexity index is 965. The van der Waals surface area contributed by atoms with E-state index in [1.165, 1.54) is 66.8 Å². The minimum atomic E-state index is -2.53. The van der Waals surface area contributed by atoms with E-state index in [0.29, 0.717) is 0 Å². The first-order valence-electron chi connectivity index (χ1n) is 11.5. The van der Waals surface area contributed by atoms with Gasteiger partial charge < -0.3 is 0 Å². The second-order valence-electron chi connectivity index (χ2n) is 9.78. The van der Waals surface area contributed by atoms with Crippen LogP contribution in [0.4, 0.5) is 0 Å². The van der Waals surface area contributed by atoms with Crippen LogP contribution in [-0.4, -0.2) is 19.8 Å². The van der Waals surface area contributed by atoms with Gasteiger partial charge in [0.25, 0.3) is 0 Å². The van der Waals surface area contributed by atoms with E-state index in [1.807, 2.05) is 0 Å². The van der Waals surface area contributed by atoms with Gasteiger partial charge in [0.15, 0.2) is 0 Å². The van der Waals surface area contributed by atoms with Crippen LogP contribution < -0.4 is 10.7 Å². The van der Waals surface area contributed by atoms with Gasteiger partial charge in [-0.2, -0.15) is 0 Å². The molecular weight excluding hydrogens is 479 g/mol. The van der Waals surface area contributed by atoms with Crippen LogP contribution in [0.2, 0.25) is 0 Å². The molecule has 31 heavy (non-hydrogen) atoms. The van der Waals surface area contributed by atoms with Gasteiger partial charge in [-0.25, -0.2) is 0 Å². The van der Waals surface area contributed by atoms with Gasteiger partial charge >= 0.3 is 199 Å². The first kappa shape index (κ1) is 24.1. The number of rotatable bonds is 3. The summed E-state index contributed by atoms with van der Waals surface area (Å²) in [4.78, 5) is 0. The van der Waals surface area contributed by atoms with Gasteiger partial charge in [-0.15, -0.1) is 0 Å². The van der Waals surface area contributed by atoms with Crippen LogP contribution in [0.25, 0.3) is 0 Å². The Kier molecular flexibility index (Phi) is 6.82. The van der Waals surface area contributed by atoms with Crippen molar-refractivity contribution >= 4 is 30.5 Å². The molecule has 0 aliphatic carbocycles. The van der Waals surface area contributed by atoms with Crippen molar-refractivity contribution in [1.29, 1.82) is 0 Å². The van der Waals surface area contributed by atoms with E-state index in [0.717, 1.165) is 0 Å². The molecule has 0 saturated heterocycles. The van der Waals surface area contributed by atoms with Crippen LogP contribution in [-0.2, 0) is 0 Å². The van der Waals surface area contributed by atoms with Crippen molar-refractivity contribution in [1.82, 2.24) is 0 Å². The maximum absolute atomic E-state index is 2.53. The van der Waals surface area contributed by atoms with Gasteiger partial charge in [0, 0.05) is 0 Å². The Morgan fingerprint density at radius 2 is 0.484 bits per heavy atom. The summed E-state index contributed by atoms with van der Waals surface area (Å²) >= 11 is -2.53. The third-order valence-electron chi connectivity index (χ3n) is 7.85. The molecule has 0 atom stereocenters. The zero-order valence-electron chi connectivity index (χ0n) is 21.7. The van der Waals surface area contributed by atoms with Gasteiger partial charge in [-0.1, -0.05) is 0 Å². The molecule has 0 nitrogen and oxygen atoms in total. The maximum atomic E-state index is 2.39. The average Bonchev–Trinajstić information content (AvgIpc) is 2.69. The van der Waals surface area contributed by atoms with Gasteiger partial charge in [0.05, 0.1) is 0 Å². The number of hydrogen-bond acceptors (Lipinski definition) is 0. The average molecular weight is 518 g/mol. The predicted octanol–water partition coefficient (Wildman–Crippen LogP) is 5.90. The van der Waals surface area contributed by atoms with Crippen molar-refractivity contribution in [3.05, 3.63) is 85.0 Å². The zero-order chi connectivity index (χ0) is 23.4. The van der Waals surface area contributed by atoms with Gasteiger partial charge in [-0.3, -0.25) is 0 Å². The molecule has 0 unspecified atom stereocenters. The topological polar surface area (TPSA) is 0 Å². The summed E-state index contributed by atoms with van der Waals surface area (Å²) in [7, 11) is 0. The van der Waals surface area contributed by atoms with E-state index in [4.69, 9.17) is 0 Å². The Balaban J connectivity index is 2.61. The third kappa shape index (κ3) is 4.01. The van der Waals surface area contributed by atoms with E-state index in [-0.39, 0.29) is 0 Å². The fourth-order valence-corrected chi connectivity index (χ4v) is 17.1. The minimum absolute atomic E-state index is 1.44. The van der Waals surface area contributed by atoms with Crippen molar-refractivity contribution in [2.45, 2.75) is 83.1 Å². The molecule has 163 valence electrons. The summed E-state index contributed by atoms with van der Waals surface area (Å²) in [5.41, 5.74) is 17.8. The standard InChI is InChI=1S/3C10H13.Sn/c3*1-7-5-9(3)10(4)6-8(7)2;/h3*5H,1-4H3;. The predicted molar refractivity (Wildman–Crippen MR) is 141 cm³/mol. The molecule has 1 heteroatoms. The molecule has 1 radical (unpaired) electrons. The van der Waals surface area contributed by atoms with Crippen LogP contribution in [0, 0.1) is 83.1 Å². The molecule has 3 aromatic rings. The zero-order valence-corrected chi connectivity index (χ0v) is 24.6. The summed E-state index contributed by atoms with van der Waals surface area (Å²) in [6.45, 7) is 28.0. The van der Waals surface area contributed by atoms with Crippen LogP contribution in [0.15, 0.2) is 18.2 Å². The molecule has 0 aliphatic heterocycles. The molecular formula is C30H39Sn. The number of hydrogen-bond donors (Lipinski definition) is 0. The SMILES string of the molecule is Cc1cc(C)c(C)[c]([Sn]([c]2c(C)c(C)cc(C)c2C)[c]2c(C)c(C)cc(C)c2C)c1C. The molecule has 0 N–H and O–H groups in total. The molecule has 0 heterocycles. The normalized spacial score (nSPS) is 11.5. The van der Waals surface area contributed by atoms with E-state index in [9.17, 15) is 0 Å². The van der Waals surface area contributed by atoms with Crippen molar-refractivity contribution < 1.29 is 0 Å². The Morgan fingerprint density at radius 3 is 0.645 bits per heavy atom. The second-order valence-corrected chi connectivity index (χ2v) is 16.2. The Labute approximate surface area is 197 Å². The number of benzene rings is 3. The Morgan fingerprint density at radius 1 is 0.323 bits per heavy atom. The summed E-state index contributed by atoms with van der Waals surface area (Å²) in [5.74, 6) is 0. The quantitative estimate of drug-likeness (QED) is 0.379. The summed E-state index contributed by atoms with van der Waals surface area (Å²) < 4.78 is 5.10. The van der Waals surface area contributed by atoms with E-state index in [1.54, 1.807) is 10.7 Å². The molecule has 0 bridgehead atoms. The van der Waals surface area contributed by atoms with Crippen LogP contribution in [0.1, 0.15) is 66.8 Å². The van der Waals surface area contributed by atoms with Crippen molar-refractivity contribution in [2.75, 3.05) is 0 Å². The van der Waals surface area contributed by atoms with E-state index >= 15 is 0 Å². The molecule has 0 amide bonds.